The highest BCUT2D eigenvalue weighted by Gasteiger charge is 2.21. The van der Waals surface area contributed by atoms with Crippen LogP contribution >= 0.6 is 22.9 Å². The summed E-state index contributed by atoms with van der Waals surface area (Å²) in [6.07, 6.45) is 0. The Kier molecular flexibility index (Phi) is 5.34. The summed E-state index contributed by atoms with van der Waals surface area (Å²) in [4.78, 5) is 38.0. The van der Waals surface area contributed by atoms with E-state index in [1.807, 2.05) is 6.92 Å². The lowest BCUT2D eigenvalue weighted by Crippen LogP contribution is -2.12. The number of nitrogens with one attached hydrogen (secondary N) is 1. The van der Waals surface area contributed by atoms with E-state index in [0.717, 1.165) is 28.6 Å². The van der Waals surface area contributed by atoms with Gasteiger partial charge in [0.05, 0.1) is 27.2 Å². The molecule has 2 aromatic carbocycles. The normalized spacial score (nSPS) is 10.5. The maximum absolute atomic E-state index is 12.5. The SMILES string of the molecule is Cc1sc(NC(=O)c2cc([N+](=O)[O-])cc([N+](=O)[O-])c2)nc1-c1ccc(Cl)cc1. The first-order valence-electron chi connectivity index (χ1n) is 7.73. The Morgan fingerprint density at radius 2 is 1.64 bits per heavy atom. The zero-order chi connectivity index (χ0) is 20.4. The number of hydrogen-bond donors (Lipinski definition) is 1. The smallest absolute Gasteiger partial charge is 0.277 e. The lowest BCUT2D eigenvalue weighted by atomic mass is 10.1. The molecule has 0 atom stereocenters. The first-order chi connectivity index (χ1) is 13.2. The number of anilines is 1. The maximum Gasteiger partial charge on any atom is 0.277 e. The number of aromatic nitrogens is 1. The van der Waals surface area contributed by atoms with Crippen LogP contribution in [0.2, 0.25) is 5.02 Å². The fourth-order valence-electron chi connectivity index (χ4n) is 2.43. The number of halogens is 1. The van der Waals surface area contributed by atoms with Gasteiger partial charge in [-0.05, 0) is 19.1 Å². The number of non-ortho nitro benzene ring substituents is 2. The molecular weight excluding hydrogens is 408 g/mol. The van der Waals surface area contributed by atoms with Gasteiger partial charge in [0.15, 0.2) is 5.13 Å². The fourth-order valence-corrected chi connectivity index (χ4v) is 3.39. The number of nitro benzene ring substituents is 2. The molecule has 0 bridgehead atoms. The highest BCUT2D eigenvalue weighted by Crippen LogP contribution is 2.31. The molecule has 1 N–H and O–H groups in total. The van der Waals surface area contributed by atoms with Crippen LogP contribution in [0.25, 0.3) is 11.3 Å². The minimum atomic E-state index is -0.796. The molecule has 3 rings (SSSR count). The zero-order valence-corrected chi connectivity index (χ0v) is 15.8. The van der Waals surface area contributed by atoms with Gasteiger partial charge in [-0.1, -0.05) is 23.7 Å². The molecule has 0 aliphatic carbocycles. The van der Waals surface area contributed by atoms with Crippen molar-refractivity contribution < 1.29 is 14.6 Å². The van der Waals surface area contributed by atoms with Gasteiger partial charge in [-0.3, -0.25) is 30.3 Å². The van der Waals surface area contributed by atoms with Crippen molar-refractivity contribution in [3.63, 3.8) is 0 Å². The van der Waals surface area contributed by atoms with E-state index in [2.05, 4.69) is 10.3 Å². The van der Waals surface area contributed by atoms with Crippen LogP contribution in [0.3, 0.4) is 0 Å². The number of thiazole rings is 1. The predicted octanol–water partition coefficient (Wildman–Crippen LogP) is 4.84. The molecule has 0 aliphatic heterocycles. The van der Waals surface area contributed by atoms with Gasteiger partial charge in [-0.15, -0.1) is 11.3 Å². The fraction of sp³-hybridized carbons (Fsp3) is 0.0588. The highest BCUT2D eigenvalue weighted by atomic mass is 35.5. The van der Waals surface area contributed by atoms with Crippen molar-refractivity contribution >= 4 is 45.4 Å². The van der Waals surface area contributed by atoms with Crippen LogP contribution in [0, 0.1) is 27.2 Å². The molecule has 142 valence electrons. The first kappa shape index (κ1) is 19.4. The number of hydrogen-bond acceptors (Lipinski definition) is 7. The molecule has 0 spiro atoms. The summed E-state index contributed by atoms with van der Waals surface area (Å²) < 4.78 is 0. The first-order valence-corrected chi connectivity index (χ1v) is 8.92. The van der Waals surface area contributed by atoms with E-state index in [0.29, 0.717) is 10.7 Å². The molecule has 0 saturated carbocycles. The zero-order valence-electron chi connectivity index (χ0n) is 14.2. The summed E-state index contributed by atoms with van der Waals surface area (Å²) in [7, 11) is 0. The van der Waals surface area contributed by atoms with Gasteiger partial charge in [0.2, 0.25) is 0 Å². The Bertz CT molecular complexity index is 1070. The van der Waals surface area contributed by atoms with E-state index in [1.54, 1.807) is 24.3 Å². The van der Waals surface area contributed by atoms with Crippen LogP contribution in [-0.4, -0.2) is 20.7 Å². The van der Waals surface area contributed by atoms with E-state index in [9.17, 15) is 25.0 Å². The Hall–Kier alpha value is -3.37. The van der Waals surface area contributed by atoms with Crippen molar-refractivity contribution in [2.75, 3.05) is 5.32 Å². The van der Waals surface area contributed by atoms with Gasteiger partial charge in [0, 0.05) is 27.6 Å². The highest BCUT2D eigenvalue weighted by molar-refractivity contribution is 7.16. The lowest BCUT2D eigenvalue weighted by molar-refractivity contribution is -0.394. The number of nitro groups is 2. The van der Waals surface area contributed by atoms with Crippen LogP contribution in [0.1, 0.15) is 15.2 Å². The molecule has 1 heterocycles. The number of carbonyl (C=O) groups is 1. The number of aryl methyl sites for hydroxylation is 1. The van der Waals surface area contributed by atoms with Crippen molar-refractivity contribution in [1.82, 2.24) is 4.98 Å². The van der Waals surface area contributed by atoms with Crippen LogP contribution in [-0.2, 0) is 0 Å². The number of amides is 1. The molecule has 1 amide bonds. The van der Waals surface area contributed by atoms with E-state index >= 15 is 0 Å². The van der Waals surface area contributed by atoms with Gasteiger partial charge in [-0.25, -0.2) is 4.98 Å². The van der Waals surface area contributed by atoms with E-state index in [-0.39, 0.29) is 10.7 Å². The number of carbonyl (C=O) groups excluding carboxylic acids is 1. The van der Waals surface area contributed by atoms with E-state index in [4.69, 9.17) is 11.6 Å². The topological polar surface area (TPSA) is 128 Å². The third-order valence-corrected chi connectivity index (χ3v) is 4.86. The van der Waals surface area contributed by atoms with Crippen LogP contribution in [0.15, 0.2) is 42.5 Å². The minimum absolute atomic E-state index is 0.207. The van der Waals surface area contributed by atoms with Crippen LogP contribution in [0.5, 0.6) is 0 Å². The van der Waals surface area contributed by atoms with E-state index in [1.165, 1.54) is 11.3 Å². The maximum atomic E-state index is 12.5. The van der Waals surface area contributed by atoms with E-state index < -0.39 is 27.1 Å². The summed E-state index contributed by atoms with van der Waals surface area (Å²) in [6.45, 7) is 1.83. The van der Waals surface area contributed by atoms with Crippen molar-refractivity contribution in [3.05, 3.63) is 78.2 Å². The molecule has 1 aromatic heterocycles. The quantitative estimate of drug-likeness (QED) is 0.466. The molecule has 0 aliphatic rings. The number of rotatable bonds is 5. The van der Waals surface area contributed by atoms with Gasteiger partial charge in [0.1, 0.15) is 0 Å². The van der Waals surface area contributed by atoms with Crippen LogP contribution in [0.4, 0.5) is 16.5 Å². The second-order valence-electron chi connectivity index (χ2n) is 5.64. The van der Waals surface area contributed by atoms with Crippen molar-refractivity contribution in [1.29, 1.82) is 0 Å². The van der Waals surface area contributed by atoms with Crippen molar-refractivity contribution in [3.8, 4) is 11.3 Å². The second-order valence-corrected chi connectivity index (χ2v) is 7.28. The molecule has 0 fully saturated rings. The minimum Gasteiger partial charge on any atom is -0.298 e. The Labute approximate surface area is 166 Å². The van der Waals surface area contributed by atoms with Gasteiger partial charge >= 0.3 is 0 Å². The molecule has 9 nitrogen and oxygen atoms in total. The number of benzene rings is 2. The van der Waals surface area contributed by atoms with Crippen LogP contribution < -0.4 is 5.32 Å². The third kappa shape index (κ3) is 4.13. The summed E-state index contributed by atoms with van der Waals surface area (Å²) >= 11 is 7.09. The van der Waals surface area contributed by atoms with Crippen molar-refractivity contribution in [2.24, 2.45) is 0 Å². The lowest BCUT2D eigenvalue weighted by Gasteiger charge is -2.02. The Morgan fingerprint density at radius 1 is 1.07 bits per heavy atom. The molecular formula is C17H11ClN4O5S. The average Bonchev–Trinajstić information content (AvgIpc) is 3.02. The third-order valence-electron chi connectivity index (χ3n) is 3.72. The Balaban J connectivity index is 1.89. The molecule has 11 heteroatoms. The Morgan fingerprint density at radius 3 is 2.18 bits per heavy atom. The molecule has 0 unspecified atom stereocenters. The monoisotopic (exact) mass is 418 g/mol. The summed E-state index contributed by atoms with van der Waals surface area (Å²) in [5.41, 5.74) is 0.168. The van der Waals surface area contributed by atoms with Crippen molar-refractivity contribution in [2.45, 2.75) is 6.92 Å². The van der Waals surface area contributed by atoms with Gasteiger partial charge in [-0.2, -0.15) is 0 Å². The largest absolute Gasteiger partial charge is 0.298 e. The number of nitrogens with zero attached hydrogens (tertiary/aromatic N) is 3. The summed E-state index contributed by atoms with van der Waals surface area (Å²) in [6, 6.07) is 9.76. The molecule has 0 saturated heterocycles. The molecule has 3 aromatic rings. The van der Waals surface area contributed by atoms with Gasteiger partial charge in [0.25, 0.3) is 17.3 Å². The summed E-state index contributed by atoms with van der Waals surface area (Å²) in [5, 5.41) is 25.3. The predicted molar refractivity (Wildman–Crippen MR) is 105 cm³/mol. The van der Waals surface area contributed by atoms with Gasteiger partial charge < -0.3 is 0 Å². The standard InChI is InChI=1S/C17H11ClN4O5S/c1-9-15(10-2-4-12(18)5-3-10)19-17(28-9)20-16(23)11-6-13(21(24)25)8-14(7-11)22(26)27/h2-8H,1H3,(H,19,20,23). The molecule has 28 heavy (non-hydrogen) atoms. The molecule has 0 radical (unpaired) electrons. The second kappa shape index (κ2) is 7.71. The summed E-state index contributed by atoms with van der Waals surface area (Å²) in [5.74, 6) is -0.733. The average molecular weight is 419 g/mol.